The summed E-state index contributed by atoms with van der Waals surface area (Å²) in [7, 11) is 1.62. The molecule has 92 valence electrons. The summed E-state index contributed by atoms with van der Waals surface area (Å²) in [4.78, 5) is 12.0. The molecule has 1 aliphatic rings. The van der Waals surface area contributed by atoms with E-state index in [1.807, 2.05) is 24.3 Å². The lowest BCUT2D eigenvalue weighted by atomic mass is 10.2. The zero-order chi connectivity index (χ0) is 12.1. The van der Waals surface area contributed by atoms with E-state index >= 15 is 0 Å². The monoisotopic (exact) mass is 251 g/mol. The van der Waals surface area contributed by atoms with Gasteiger partial charge >= 0.3 is 0 Å². The first-order chi connectivity index (χ1) is 8.29. The largest absolute Gasteiger partial charge is 0.497 e. The fourth-order valence-electron chi connectivity index (χ4n) is 1.87. The Hall–Kier alpha value is -1.16. The van der Waals surface area contributed by atoms with Crippen LogP contribution in [-0.4, -0.2) is 24.0 Å². The van der Waals surface area contributed by atoms with E-state index in [1.54, 1.807) is 18.9 Å². The number of anilines is 1. The Morgan fingerprint density at radius 2 is 2.35 bits per heavy atom. The highest BCUT2D eigenvalue weighted by atomic mass is 32.2. The zero-order valence-corrected chi connectivity index (χ0v) is 10.8. The number of nitrogens with one attached hydrogen (secondary N) is 1. The fraction of sp³-hybridized carbons (Fsp3) is 0.462. The van der Waals surface area contributed by atoms with Gasteiger partial charge in [0.15, 0.2) is 0 Å². The zero-order valence-electron chi connectivity index (χ0n) is 9.94. The molecule has 3 nitrogen and oxygen atoms in total. The second kappa shape index (κ2) is 5.96. The van der Waals surface area contributed by atoms with Crippen LogP contribution in [0.15, 0.2) is 24.3 Å². The third kappa shape index (κ3) is 3.40. The predicted octanol–water partition coefficient (Wildman–Crippen LogP) is 2.92. The summed E-state index contributed by atoms with van der Waals surface area (Å²) in [5, 5.41) is 3.05. The van der Waals surface area contributed by atoms with Crippen molar-refractivity contribution in [1.82, 2.24) is 0 Å². The molecule has 4 heteroatoms. The van der Waals surface area contributed by atoms with Crippen LogP contribution in [0.1, 0.15) is 19.3 Å². The van der Waals surface area contributed by atoms with Crippen molar-refractivity contribution in [1.29, 1.82) is 0 Å². The molecule has 0 saturated carbocycles. The normalized spacial score (nSPS) is 19.7. The van der Waals surface area contributed by atoms with Gasteiger partial charge in [-0.15, -0.1) is 11.8 Å². The number of carbonyl (C=O) groups excluding carboxylic acids is 1. The van der Waals surface area contributed by atoms with Gasteiger partial charge in [-0.2, -0.15) is 0 Å². The molecule has 0 aliphatic carbocycles. The standard InChI is InChI=1S/C13H17NO2S/c1-16-11-6-4-5-10(9-11)14-13(15)12-7-2-3-8-17-12/h4-6,9,12H,2-3,7-8H2,1H3,(H,14,15). The van der Waals surface area contributed by atoms with Crippen molar-refractivity contribution in [3.63, 3.8) is 0 Å². The number of rotatable bonds is 3. The third-order valence-corrected chi connectivity index (χ3v) is 4.19. The van der Waals surface area contributed by atoms with Crippen LogP contribution < -0.4 is 10.1 Å². The molecule has 1 unspecified atom stereocenters. The quantitative estimate of drug-likeness (QED) is 0.897. The van der Waals surface area contributed by atoms with Crippen LogP contribution in [0.2, 0.25) is 0 Å². The Morgan fingerprint density at radius 1 is 1.47 bits per heavy atom. The number of carbonyl (C=O) groups is 1. The van der Waals surface area contributed by atoms with Crippen molar-refractivity contribution in [3.05, 3.63) is 24.3 Å². The summed E-state index contributed by atoms with van der Waals surface area (Å²) in [6.45, 7) is 0. The van der Waals surface area contributed by atoms with E-state index in [1.165, 1.54) is 6.42 Å². The second-order valence-corrected chi connectivity index (χ2v) is 5.39. The van der Waals surface area contributed by atoms with Gasteiger partial charge in [-0.1, -0.05) is 12.5 Å². The molecule has 0 radical (unpaired) electrons. The minimum Gasteiger partial charge on any atom is -0.497 e. The number of methoxy groups -OCH3 is 1. The number of hydrogen-bond acceptors (Lipinski definition) is 3. The average molecular weight is 251 g/mol. The Kier molecular flexibility index (Phi) is 4.31. The van der Waals surface area contributed by atoms with E-state index in [4.69, 9.17) is 4.74 Å². The molecular weight excluding hydrogens is 234 g/mol. The van der Waals surface area contributed by atoms with Crippen LogP contribution in [-0.2, 0) is 4.79 Å². The molecule has 0 aromatic heterocycles. The minimum absolute atomic E-state index is 0.106. The van der Waals surface area contributed by atoms with Gasteiger partial charge in [0.1, 0.15) is 5.75 Å². The summed E-state index contributed by atoms with van der Waals surface area (Å²) in [5.41, 5.74) is 0.806. The highest BCUT2D eigenvalue weighted by Gasteiger charge is 2.21. The second-order valence-electron chi connectivity index (χ2n) is 4.08. The first-order valence-corrected chi connectivity index (χ1v) is 6.91. The van der Waals surface area contributed by atoms with Gasteiger partial charge < -0.3 is 10.1 Å². The summed E-state index contributed by atoms with van der Waals surface area (Å²) in [6, 6.07) is 7.47. The summed E-state index contributed by atoms with van der Waals surface area (Å²) in [5.74, 6) is 1.97. The number of benzene rings is 1. The highest BCUT2D eigenvalue weighted by molar-refractivity contribution is 8.00. The molecule has 0 bridgehead atoms. The third-order valence-electron chi connectivity index (χ3n) is 2.81. The minimum atomic E-state index is 0.106. The van der Waals surface area contributed by atoms with Crippen molar-refractivity contribution >= 4 is 23.4 Å². The summed E-state index contributed by atoms with van der Waals surface area (Å²) in [6.07, 6.45) is 3.37. The molecule has 1 aromatic carbocycles. The first-order valence-electron chi connectivity index (χ1n) is 5.86. The lowest BCUT2D eigenvalue weighted by Gasteiger charge is -2.20. The van der Waals surface area contributed by atoms with Gasteiger partial charge in [0.2, 0.25) is 5.91 Å². The maximum absolute atomic E-state index is 12.0. The average Bonchev–Trinajstić information content (AvgIpc) is 2.40. The van der Waals surface area contributed by atoms with Gasteiger partial charge in [0.05, 0.1) is 12.4 Å². The van der Waals surface area contributed by atoms with E-state index in [0.717, 1.165) is 30.0 Å². The Bertz CT molecular complexity index is 389. The molecule has 1 aliphatic heterocycles. The molecule has 1 aromatic rings. The first kappa shape index (κ1) is 12.3. The van der Waals surface area contributed by atoms with E-state index in [9.17, 15) is 4.79 Å². The van der Waals surface area contributed by atoms with Crippen LogP contribution in [0.3, 0.4) is 0 Å². The molecule has 2 rings (SSSR count). The molecule has 1 saturated heterocycles. The van der Waals surface area contributed by atoms with Crippen molar-refractivity contribution in [2.75, 3.05) is 18.2 Å². The van der Waals surface area contributed by atoms with Crippen LogP contribution in [0.4, 0.5) is 5.69 Å². The summed E-state index contributed by atoms with van der Waals surface area (Å²) < 4.78 is 5.13. The number of thioether (sulfide) groups is 1. The van der Waals surface area contributed by atoms with Gasteiger partial charge in [0, 0.05) is 11.8 Å². The maximum atomic E-state index is 12.0. The van der Waals surface area contributed by atoms with E-state index in [0.29, 0.717) is 0 Å². The molecular formula is C13H17NO2S. The molecule has 17 heavy (non-hydrogen) atoms. The molecule has 1 heterocycles. The van der Waals surface area contributed by atoms with Crippen molar-refractivity contribution in [2.45, 2.75) is 24.5 Å². The molecule has 1 amide bonds. The predicted molar refractivity (Wildman–Crippen MR) is 71.7 cm³/mol. The van der Waals surface area contributed by atoms with E-state index in [-0.39, 0.29) is 11.2 Å². The van der Waals surface area contributed by atoms with Crippen LogP contribution in [0.25, 0.3) is 0 Å². The van der Waals surface area contributed by atoms with Crippen molar-refractivity contribution in [2.24, 2.45) is 0 Å². The molecule has 0 spiro atoms. The maximum Gasteiger partial charge on any atom is 0.237 e. The smallest absolute Gasteiger partial charge is 0.237 e. The molecule has 1 atom stereocenters. The Balaban J connectivity index is 1.96. The molecule has 1 N–H and O–H groups in total. The SMILES string of the molecule is COc1cccc(NC(=O)C2CCCCS2)c1. The van der Waals surface area contributed by atoms with Gasteiger partial charge in [0.25, 0.3) is 0 Å². The van der Waals surface area contributed by atoms with Crippen LogP contribution >= 0.6 is 11.8 Å². The fourth-order valence-corrected chi connectivity index (χ4v) is 3.07. The topological polar surface area (TPSA) is 38.3 Å². The number of ether oxygens (including phenoxy) is 1. The lowest BCUT2D eigenvalue weighted by Crippen LogP contribution is -2.27. The van der Waals surface area contributed by atoms with Crippen LogP contribution in [0, 0.1) is 0 Å². The Morgan fingerprint density at radius 3 is 3.06 bits per heavy atom. The van der Waals surface area contributed by atoms with E-state index in [2.05, 4.69) is 5.32 Å². The van der Waals surface area contributed by atoms with E-state index < -0.39 is 0 Å². The van der Waals surface area contributed by atoms with Crippen molar-refractivity contribution < 1.29 is 9.53 Å². The van der Waals surface area contributed by atoms with Crippen molar-refractivity contribution in [3.8, 4) is 5.75 Å². The number of hydrogen-bond donors (Lipinski definition) is 1. The van der Waals surface area contributed by atoms with Gasteiger partial charge in [-0.25, -0.2) is 0 Å². The van der Waals surface area contributed by atoms with Crippen LogP contribution in [0.5, 0.6) is 5.75 Å². The molecule has 1 fully saturated rings. The highest BCUT2D eigenvalue weighted by Crippen LogP contribution is 2.26. The summed E-state index contributed by atoms with van der Waals surface area (Å²) >= 11 is 1.76. The lowest BCUT2D eigenvalue weighted by molar-refractivity contribution is -0.115. The number of amides is 1. The van der Waals surface area contributed by atoms with Gasteiger partial charge in [-0.05, 0) is 30.7 Å². The van der Waals surface area contributed by atoms with Gasteiger partial charge in [-0.3, -0.25) is 4.79 Å². The Labute approximate surface area is 106 Å².